The van der Waals surface area contributed by atoms with Crippen LogP contribution in [-0.4, -0.2) is 38.3 Å². The van der Waals surface area contributed by atoms with Crippen molar-refractivity contribution >= 4 is 17.7 Å². The van der Waals surface area contributed by atoms with Gasteiger partial charge in [0.05, 0.1) is 5.69 Å². The minimum atomic E-state index is -0.0655. The number of carbonyl (C=O) groups is 1. The van der Waals surface area contributed by atoms with Crippen molar-refractivity contribution in [1.29, 1.82) is 0 Å². The Morgan fingerprint density at radius 1 is 1.15 bits per heavy atom. The predicted octanol–water partition coefficient (Wildman–Crippen LogP) is 4.24. The lowest BCUT2D eigenvalue weighted by Gasteiger charge is -2.26. The molecule has 26 heavy (non-hydrogen) atoms. The van der Waals surface area contributed by atoms with Gasteiger partial charge in [0, 0.05) is 23.7 Å². The Hall–Kier alpha value is -2.60. The number of amides is 1. The second-order valence-corrected chi connectivity index (χ2v) is 7.14. The average Bonchev–Trinajstić information content (AvgIpc) is 3.16. The summed E-state index contributed by atoms with van der Waals surface area (Å²) in [7, 11) is 0. The van der Waals surface area contributed by atoms with Gasteiger partial charge in [0.15, 0.2) is 0 Å². The molecule has 1 aromatic carbocycles. The molecule has 3 rings (SSSR count). The van der Waals surface area contributed by atoms with Crippen LogP contribution in [0.4, 0.5) is 0 Å². The van der Waals surface area contributed by atoms with E-state index in [1.807, 2.05) is 49.3 Å². The SMILES string of the molecule is CSc1cccc(CN(C(=O)c2cc(-c3ccccn3)n[nH]2)C(C)C)c1. The van der Waals surface area contributed by atoms with Gasteiger partial charge >= 0.3 is 0 Å². The highest BCUT2D eigenvalue weighted by Gasteiger charge is 2.21. The summed E-state index contributed by atoms with van der Waals surface area (Å²) >= 11 is 1.70. The van der Waals surface area contributed by atoms with Crippen molar-refractivity contribution in [2.24, 2.45) is 0 Å². The van der Waals surface area contributed by atoms with E-state index in [-0.39, 0.29) is 11.9 Å². The first kappa shape index (κ1) is 18.2. The molecule has 6 heteroatoms. The van der Waals surface area contributed by atoms with Gasteiger partial charge in [0.2, 0.25) is 0 Å². The number of thioether (sulfide) groups is 1. The number of aromatic nitrogens is 3. The van der Waals surface area contributed by atoms with Crippen LogP contribution < -0.4 is 0 Å². The molecule has 1 N–H and O–H groups in total. The molecular formula is C20H22N4OS. The van der Waals surface area contributed by atoms with E-state index in [1.165, 1.54) is 4.90 Å². The van der Waals surface area contributed by atoms with Crippen LogP contribution in [-0.2, 0) is 6.54 Å². The standard InChI is InChI=1S/C20H22N4OS/c1-14(2)24(13-15-7-6-8-16(11-15)26-3)20(25)19-12-18(22-23-19)17-9-4-5-10-21-17/h4-12,14H,13H2,1-3H3,(H,22,23). The van der Waals surface area contributed by atoms with Gasteiger partial charge in [-0.15, -0.1) is 11.8 Å². The Balaban J connectivity index is 1.82. The molecule has 0 atom stereocenters. The number of carbonyl (C=O) groups excluding carboxylic acids is 1. The van der Waals surface area contributed by atoms with Gasteiger partial charge in [0.25, 0.3) is 5.91 Å². The molecule has 0 spiro atoms. The minimum Gasteiger partial charge on any atom is -0.331 e. The molecule has 0 fully saturated rings. The Morgan fingerprint density at radius 2 is 2.00 bits per heavy atom. The van der Waals surface area contributed by atoms with Crippen LogP contribution in [0.5, 0.6) is 0 Å². The Bertz CT molecular complexity index is 876. The highest BCUT2D eigenvalue weighted by Crippen LogP contribution is 2.20. The van der Waals surface area contributed by atoms with Gasteiger partial charge in [-0.1, -0.05) is 18.2 Å². The lowest BCUT2D eigenvalue weighted by Crippen LogP contribution is -2.36. The molecule has 0 saturated carbocycles. The van der Waals surface area contributed by atoms with E-state index in [9.17, 15) is 4.79 Å². The predicted molar refractivity (Wildman–Crippen MR) is 105 cm³/mol. The summed E-state index contributed by atoms with van der Waals surface area (Å²) < 4.78 is 0. The van der Waals surface area contributed by atoms with E-state index in [0.29, 0.717) is 17.9 Å². The fourth-order valence-electron chi connectivity index (χ4n) is 2.69. The number of benzene rings is 1. The second kappa shape index (κ2) is 8.19. The summed E-state index contributed by atoms with van der Waals surface area (Å²) in [6.07, 6.45) is 3.76. The molecule has 134 valence electrons. The second-order valence-electron chi connectivity index (χ2n) is 6.26. The molecule has 0 saturated heterocycles. The quantitative estimate of drug-likeness (QED) is 0.663. The molecule has 2 heterocycles. The lowest BCUT2D eigenvalue weighted by molar-refractivity contribution is 0.0684. The summed E-state index contributed by atoms with van der Waals surface area (Å²) in [5.74, 6) is -0.0655. The van der Waals surface area contributed by atoms with Gasteiger partial charge < -0.3 is 4.90 Å². The monoisotopic (exact) mass is 366 g/mol. The van der Waals surface area contributed by atoms with E-state index >= 15 is 0 Å². The molecule has 1 amide bonds. The molecule has 3 aromatic rings. The average molecular weight is 366 g/mol. The first-order valence-corrected chi connectivity index (χ1v) is 9.71. The third-order valence-electron chi connectivity index (χ3n) is 4.11. The van der Waals surface area contributed by atoms with E-state index in [1.54, 1.807) is 24.0 Å². The van der Waals surface area contributed by atoms with Gasteiger partial charge in [-0.05, 0) is 56.0 Å². The van der Waals surface area contributed by atoms with Gasteiger partial charge in [0.1, 0.15) is 11.4 Å². The fraction of sp³-hybridized carbons (Fsp3) is 0.250. The third kappa shape index (κ3) is 4.14. The Kier molecular flexibility index (Phi) is 5.73. The largest absolute Gasteiger partial charge is 0.331 e. The van der Waals surface area contributed by atoms with Gasteiger partial charge in [-0.25, -0.2) is 0 Å². The number of H-pyrrole nitrogens is 1. The maximum Gasteiger partial charge on any atom is 0.272 e. The van der Waals surface area contributed by atoms with Crippen molar-refractivity contribution in [3.63, 3.8) is 0 Å². The number of hydrogen-bond donors (Lipinski definition) is 1. The Morgan fingerprint density at radius 3 is 2.69 bits per heavy atom. The van der Waals surface area contributed by atoms with Gasteiger partial charge in [-0.2, -0.15) is 5.10 Å². The summed E-state index contributed by atoms with van der Waals surface area (Å²) in [5, 5.41) is 7.11. The van der Waals surface area contributed by atoms with Crippen LogP contribution in [0.3, 0.4) is 0 Å². The smallest absolute Gasteiger partial charge is 0.272 e. The Labute approximate surface area is 157 Å². The zero-order valence-electron chi connectivity index (χ0n) is 15.1. The zero-order valence-corrected chi connectivity index (χ0v) is 16.0. The van der Waals surface area contributed by atoms with Crippen LogP contribution in [0.1, 0.15) is 29.9 Å². The van der Waals surface area contributed by atoms with Gasteiger partial charge in [-0.3, -0.25) is 14.9 Å². The van der Waals surface area contributed by atoms with Crippen LogP contribution >= 0.6 is 11.8 Å². The fourth-order valence-corrected chi connectivity index (χ4v) is 3.17. The van der Waals surface area contributed by atoms with Crippen molar-refractivity contribution in [1.82, 2.24) is 20.1 Å². The number of rotatable bonds is 6. The minimum absolute atomic E-state index is 0.0655. The first-order chi connectivity index (χ1) is 12.6. The third-order valence-corrected chi connectivity index (χ3v) is 4.83. The molecule has 0 aliphatic rings. The number of aromatic amines is 1. The van der Waals surface area contributed by atoms with E-state index in [4.69, 9.17) is 0 Å². The van der Waals surface area contributed by atoms with Crippen molar-refractivity contribution in [2.75, 3.05) is 6.26 Å². The van der Waals surface area contributed by atoms with Crippen LogP contribution in [0, 0.1) is 0 Å². The zero-order chi connectivity index (χ0) is 18.5. The normalized spacial score (nSPS) is 10.9. The molecule has 0 bridgehead atoms. The number of nitrogens with one attached hydrogen (secondary N) is 1. The van der Waals surface area contributed by atoms with E-state index < -0.39 is 0 Å². The summed E-state index contributed by atoms with van der Waals surface area (Å²) in [6.45, 7) is 4.60. The first-order valence-electron chi connectivity index (χ1n) is 8.49. The molecule has 2 aromatic heterocycles. The number of hydrogen-bond acceptors (Lipinski definition) is 4. The van der Waals surface area contributed by atoms with Crippen LogP contribution in [0.25, 0.3) is 11.4 Å². The summed E-state index contributed by atoms with van der Waals surface area (Å²) in [6, 6.07) is 15.7. The molecular weight excluding hydrogens is 344 g/mol. The number of nitrogens with zero attached hydrogens (tertiary/aromatic N) is 3. The highest BCUT2D eigenvalue weighted by atomic mass is 32.2. The molecule has 0 radical (unpaired) electrons. The van der Waals surface area contributed by atoms with Crippen molar-refractivity contribution in [3.05, 3.63) is 66.0 Å². The lowest BCUT2D eigenvalue weighted by atomic mass is 10.1. The number of pyridine rings is 1. The molecule has 5 nitrogen and oxygen atoms in total. The highest BCUT2D eigenvalue weighted by molar-refractivity contribution is 7.98. The van der Waals surface area contributed by atoms with Crippen molar-refractivity contribution in [2.45, 2.75) is 31.3 Å². The van der Waals surface area contributed by atoms with E-state index in [0.717, 1.165) is 11.3 Å². The summed E-state index contributed by atoms with van der Waals surface area (Å²) in [5.41, 5.74) is 3.00. The van der Waals surface area contributed by atoms with Crippen molar-refractivity contribution in [3.8, 4) is 11.4 Å². The van der Waals surface area contributed by atoms with Crippen LogP contribution in [0.15, 0.2) is 59.6 Å². The molecule has 0 aliphatic heterocycles. The maximum absolute atomic E-state index is 13.0. The topological polar surface area (TPSA) is 61.9 Å². The summed E-state index contributed by atoms with van der Waals surface area (Å²) in [4.78, 5) is 20.3. The van der Waals surface area contributed by atoms with E-state index in [2.05, 4.69) is 33.4 Å². The van der Waals surface area contributed by atoms with Crippen LogP contribution in [0.2, 0.25) is 0 Å². The van der Waals surface area contributed by atoms with Crippen molar-refractivity contribution < 1.29 is 4.79 Å². The maximum atomic E-state index is 13.0. The molecule has 0 unspecified atom stereocenters. The molecule has 0 aliphatic carbocycles.